The first-order valence-electron chi connectivity index (χ1n) is 5.60. The molecule has 0 fully saturated rings. The summed E-state index contributed by atoms with van der Waals surface area (Å²) in [5, 5.41) is 2.16. The van der Waals surface area contributed by atoms with E-state index in [2.05, 4.69) is 46.4 Å². The third-order valence-electron chi connectivity index (χ3n) is 2.80. The van der Waals surface area contributed by atoms with Gasteiger partial charge in [0.25, 0.3) is 0 Å². The van der Waals surface area contributed by atoms with Crippen molar-refractivity contribution in [3.63, 3.8) is 0 Å². The number of alkyl halides is 1. The van der Waals surface area contributed by atoms with Gasteiger partial charge in [-0.15, -0.1) is 11.3 Å². The first kappa shape index (κ1) is 12.7. The molecule has 0 bridgehead atoms. The van der Waals surface area contributed by atoms with E-state index >= 15 is 0 Å². The van der Waals surface area contributed by atoms with Gasteiger partial charge in [0.2, 0.25) is 0 Å². The SMILES string of the molecule is CCc1ccsc1C(Br)c1ccc(OC)cc1. The average molecular weight is 311 g/mol. The van der Waals surface area contributed by atoms with Crippen molar-refractivity contribution in [2.75, 3.05) is 7.11 Å². The number of benzene rings is 1. The summed E-state index contributed by atoms with van der Waals surface area (Å²) in [5.41, 5.74) is 2.69. The van der Waals surface area contributed by atoms with Gasteiger partial charge in [-0.05, 0) is 41.1 Å². The fourth-order valence-electron chi connectivity index (χ4n) is 1.79. The smallest absolute Gasteiger partial charge is 0.118 e. The number of aryl methyl sites for hydroxylation is 1. The Morgan fingerprint density at radius 1 is 1.24 bits per heavy atom. The number of rotatable bonds is 4. The second-order valence-electron chi connectivity index (χ2n) is 3.80. The standard InChI is InChI=1S/C14H15BrOS/c1-3-10-8-9-17-14(10)13(15)11-4-6-12(16-2)7-5-11/h4-9,13H,3H2,1-2H3. The third kappa shape index (κ3) is 2.72. The molecule has 0 amide bonds. The molecule has 0 spiro atoms. The van der Waals surface area contributed by atoms with Crippen molar-refractivity contribution in [1.29, 1.82) is 0 Å². The molecule has 17 heavy (non-hydrogen) atoms. The summed E-state index contributed by atoms with van der Waals surface area (Å²) in [5.74, 6) is 0.898. The topological polar surface area (TPSA) is 9.23 Å². The van der Waals surface area contributed by atoms with E-state index in [4.69, 9.17) is 4.74 Å². The van der Waals surface area contributed by atoms with Gasteiger partial charge in [-0.2, -0.15) is 0 Å². The molecule has 3 heteroatoms. The number of hydrogen-bond acceptors (Lipinski definition) is 2. The van der Waals surface area contributed by atoms with Crippen LogP contribution >= 0.6 is 27.3 Å². The molecular formula is C14H15BrOS. The van der Waals surface area contributed by atoms with Crippen LogP contribution in [0, 0.1) is 0 Å². The minimum Gasteiger partial charge on any atom is -0.497 e. The fraction of sp³-hybridized carbons (Fsp3) is 0.286. The lowest BCUT2D eigenvalue weighted by molar-refractivity contribution is 0.414. The van der Waals surface area contributed by atoms with Crippen LogP contribution in [0.15, 0.2) is 35.7 Å². The molecule has 1 nitrogen and oxygen atoms in total. The van der Waals surface area contributed by atoms with Gasteiger partial charge in [0.1, 0.15) is 5.75 Å². The van der Waals surface area contributed by atoms with Crippen LogP contribution in [0.1, 0.15) is 27.8 Å². The molecule has 1 heterocycles. The van der Waals surface area contributed by atoms with E-state index < -0.39 is 0 Å². The van der Waals surface area contributed by atoms with E-state index in [9.17, 15) is 0 Å². The highest BCUT2D eigenvalue weighted by Crippen LogP contribution is 2.37. The zero-order valence-electron chi connectivity index (χ0n) is 9.94. The van der Waals surface area contributed by atoms with E-state index in [0.717, 1.165) is 12.2 Å². The average Bonchev–Trinajstić information content (AvgIpc) is 2.86. The molecule has 1 atom stereocenters. The van der Waals surface area contributed by atoms with Crippen molar-refractivity contribution >= 4 is 27.3 Å². The Morgan fingerprint density at radius 2 is 1.94 bits per heavy atom. The van der Waals surface area contributed by atoms with Crippen LogP contribution in [0.3, 0.4) is 0 Å². The van der Waals surface area contributed by atoms with Gasteiger partial charge in [-0.3, -0.25) is 0 Å². The van der Waals surface area contributed by atoms with Gasteiger partial charge in [0, 0.05) is 4.88 Å². The van der Waals surface area contributed by atoms with E-state index in [1.54, 1.807) is 7.11 Å². The van der Waals surface area contributed by atoms with Crippen LogP contribution in [0.2, 0.25) is 0 Å². The fourth-order valence-corrected chi connectivity index (χ4v) is 3.71. The largest absolute Gasteiger partial charge is 0.497 e. The second kappa shape index (κ2) is 5.69. The Kier molecular flexibility index (Phi) is 4.24. The lowest BCUT2D eigenvalue weighted by Gasteiger charge is -2.11. The van der Waals surface area contributed by atoms with Gasteiger partial charge in [0.15, 0.2) is 0 Å². The molecule has 0 aliphatic carbocycles. The molecule has 0 saturated heterocycles. The summed E-state index contributed by atoms with van der Waals surface area (Å²) in [6.07, 6.45) is 1.08. The molecule has 0 aliphatic heterocycles. The Morgan fingerprint density at radius 3 is 2.53 bits per heavy atom. The number of halogens is 1. The number of hydrogen-bond donors (Lipinski definition) is 0. The molecule has 0 saturated carbocycles. The van der Waals surface area contributed by atoms with Crippen LogP contribution in [0.5, 0.6) is 5.75 Å². The van der Waals surface area contributed by atoms with Crippen LogP contribution in [0.4, 0.5) is 0 Å². The number of thiophene rings is 1. The van der Waals surface area contributed by atoms with Gasteiger partial charge >= 0.3 is 0 Å². The summed E-state index contributed by atoms with van der Waals surface area (Å²) in [6.45, 7) is 2.19. The van der Waals surface area contributed by atoms with E-state index in [0.29, 0.717) is 0 Å². The van der Waals surface area contributed by atoms with E-state index in [-0.39, 0.29) is 4.83 Å². The minimum absolute atomic E-state index is 0.281. The maximum atomic E-state index is 5.17. The van der Waals surface area contributed by atoms with Crippen molar-refractivity contribution in [2.45, 2.75) is 18.2 Å². The highest BCUT2D eigenvalue weighted by Gasteiger charge is 2.14. The Hall–Kier alpha value is -0.800. The molecule has 90 valence electrons. The molecule has 2 rings (SSSR count). The van der Waals surface area contributed by atoms with Crippen molar-refractivity contribution in [2.24, 2.45) is 0 Å². The molecule has 1 unspecified atom stereocenters. The summed E-state index contributed by atoms with van der Waals surface area (Å²) < 4.78 is 5.17. The van der Waals surface area contributed by atoms with Crippen LogP contribution in [-0.4, -0.2) is 7.11 Å². The van der Waals surface area contributed by atoms with Gasteiger partial charge in [-0.1, -0.05) is 35.0 Å². The predicted octanol–water partition coefficient (Wildman–Crippen LogP) is 4.80. The van der Waals surface area contributed by atoms with Crippen LogP contribution in [-0.2, 0) is 6.42 Å². The summed E-state index contributed by atoms with van der Waals surface area (Å²) in [4.78, 5) is 1.68. The van der Waals surface area contributed by atoms with Crippen molar-refractivity contribution in [1.82, 2.24) is 0 Å². The zero-order chi connectivity index (χ0) is 12.3. The van der Waals surface area contributed by atoms with E-state index in [1.807, 2.05) is 23.5 Å². The van der Waals surface area contributed by atoms with Crippen molar-refractivity contribution < 1.29 is 4.74 Å². The summed E-state index contributed by atoms with van der Waals surface area (Å²) >= 11 is 5.59. The second-order valence-corrected chi connectivity index (χ2v) is 5.66. The highest BCUT2D eigenvalue weighted by molar-refractivity contribution is 9.09. The normalized spacial score (nSPS) is 12.4. The molecule has 1 aromatic heterocycles. The Labute approximate surface area is 115 Å². The van der Waals surface area contributed by atoms with Gasteiger partial charge in [-0.25, -0.2) is 0 Å². The molecule has 0 radical (unpaired) electrons. The molecule has 0 N–H and O–H groups in total. The number of methoxy groups -OCH3 is 1. The van der Waals surface area contributed by atoms with Gasteiger partial charge < -0.3 is 4.74 Å². The number of ether oxygens (including phenoxy) is 1. The minimum atomic E-state index is 0.281. The lowest BCUT2D eigenvalue weighted by Crippen LogP contribution is -1.93. The van der Waals surface area contributed by atoms with E-state index in [1.165, 1.54) is 16.0 Å². The maximum Gasteiger partial charge on any atom is 0.118 e. The molecule has 2 aromatic rings. The van der Waals surface area contributed by atoms with Crippen molar-refractivity contribution in [3.8, 4) is 5.75 Å². The summed E-state index contributed by atoms with van der Waals surface area (Å²) in [7, 11) is 1.69. The van der Waals surface area contributed by atoms with Crippen LogP contribution in [0.25, 0.3) is 0 Å². The first-order valence-corrected chi connectivity index (χ1v) is 7.40. The summed E-state index contributed by atoms with van der Waals surface area (Å²) in [6, 6.07) is 10.4. The zero-order valence-corrected chi connectivity index (χ0v) is 12.3. The predicted molar refractivity (Wildman–Crippen MR) is 77.5 cm³/mol. The highest BCUT2D eigenvalue weighted by atomic mass is 79.9. The third-order valence-corrected chi connectivity index (χ3v) is 5.11. The van der Waals surface area contributed by atoms with Crippen LogP contribution < -0.4 is 4.74 Å². The van der Waals surface area contributed by atoms with Gasteiger partial charge in [0.05, 0.1) is 11.9 Å². The molecule has 1 aromatic carbocycles. The Bertz CT molecular complexity index is 475. The lowest BCUT2D eigenvalue weighted by atomic mass is 10.1. The molecule has 0 aliphatic rings. The quantitative estimate of drug-likeness (QED) is 0.737. The van der Waals surface area contributed by atoms with Crippen molar-refractivity contribution in [3.05, 3.63) is 51.7 Å². The first-order chi connectivity index (χ1) is 8.26. The maximum absolute atomic E-state index is 5.17. The monoisotopic (exact) mass is 310 g/mol. The Balaban J connectivity index is 2.27. The molecular weight excluding hydrogens is 296 g/mol.